The Bertz CT molecular complexity index is 432. The third kappa shape index (κ3) is 3.55. The first kappa shape index (κ1) is 14.0. The van der Waals surface area contributed by atoms with Gasteiger partial charge in [-0.3, -0.25) is 9.89 Å². The number of hydrogen-bond donors (Lipinski definition) is 2. The lowest BCUT2D eigenvalue weighted by Gasteiger charge is -2.31. The summed E-state index contributed by atoms with van der Waals surface area (Å²) in [4.78, 5) is 16.0. The molecule has 1 fully saturated rings. The van der Waals surface area contributed by atoms with Crippen molar-refractivity contribution in [1.82, 2.24) is 20.5 Å². The van der Waals surface area contributed by atoms with E-state index < -0.39 is 0 Å². The van der Waals surface area contributed by atoms with E-state index in [-0.39, 0.29) is 17.1 Å². The molecule has 0 radical (unpaired) electrons. The molecule has 1 aromatic heterocycles. The lowest BCUT2D eigenvalue weighted by atomic mass is 9.78. The average Bonchev–Trinajstić information content (AvgIpc) is 2.95. The van der Waals surface area contributed by atoms with Crippen LogP contribution >= 0.6 is 0 Å². The van der Waals surface area contributed by atoms with Crippen molar-refractivity contribution in [2.24, 2.45) is 11.3 Å². The van der Waals surface area contributed by atoms with E-state index in [2.05, 4.69) is 34.3 Å². The Morgan fingerprint density at radius 1 is 1.42 bits per heavy atom. The van der Waals surface area contributed by atoms with Crippen LogP contribution < -0.4 is 5.32 Å². The molecule has 1 aliphatic carbocycles. The van der Waals surface area contributed by atoms with Crippen LogP contribution in [0.3, 0.4) is 0 Å². The van der Waals surface area contributed by atoms with Gasteiger partial charge in [-0.2, -0.15) is 0 Å². The van der Waals surface area contributed by atoms with Gasteiger partial charge in [0.25, 0.3) is 5.91 Å². The maximum Gasteiger partial charge on any atom is 0.290 e. The van der Waals surface area contributed by atoms with E-state index in [1.807, 2.05) is 0 Å². The standard InChI is InChI=1S/C14H24N4O/c1-10(2)8-14(6-4-5-7-14)9-15-13(19)12-16-11(3)17-18-12/h10H,4-9H2,1-3H3,(H,15,19)(H,16,17,18). The average molecular weight is 264 g/mol. The Morgan fingerprint density at radius 2 is 2.11 bits per heavy atom. The number of carbonyl (C=O) groups is 1. The van der Waals surface area contributed by atoms with E-state index in [1.165, 1.54) is 32.1 Å². The Labute approximate surface area is 114 Å². The predicted octanol–water partition coefficient (Wildman–Crippen LogP) is 2.45. The molecule has 0 saturated heterocycles. The molecule has 1 amide bonds. The Morgan fingerprint density at radius 3 is 2.63 bits per heavy atom. The molecule has 0 aliphatic heterocycles. The third-order valence-corrected chi connectivity index (χ3v) is 3.93. The van der Waals surface area contributed by atoms with Gasteiger partial charge in [0.05, 0.1) is 0 Å². The highest BCUT2D eigenvalue weighted by molar-refractivity contribution is 5.90. The molecule has 0 bridgehead atoms. The fourth-order valence-corrected chi connectivity index (χ4v) is 3.24. The van der Waals surface area contributed by atoms with Crippen LogP contribution in [0.15, 0.2) is 0 Å². The minimum absolute atomic E-state index is 0.167. The van der Waals surface area contributed by atoms with Crippen molar-refractivity contribution >= 4 is 5.91 Å². The van der Waals surface area contributed by atoms with Crippen LogP contribution in [0.2, 0.25) is 0 Å². The van der Waals surface area contributed by atoms with Crippen LogP contribution in [0.1, 0.15) is 62.4 Å². The highest BCUT2D eigenvalue weighted by Gasteiger charge is 2.34. The van der Waals surface area contributed by atoms with Gasteiger partial charge in [-0.1, -0.05) is 26.7 Å². The SMILES string of the molecule is Cc1nc(C(=O)NCC2(CC(C)C)CCCC2)n[nH]1. The molecular weight excluding hydrogens is 240 g/mol. The molecule has 5 nitrogen and oxygen atoms in total. The monoisotopic (exact) mass is 264 g/mol. The summed E-state index contributed by atoms with van der Waals surface area (Å²) in [5.41, 5.74) is 0.287. The molecule has 106 valence electrons. The number of nitrogens with one attached hydrogen (secondary N) is 2. The van der Waals surface area contributed by atoms with Gasteiger partial charge < -0.3 is 5.32 Å². The van der Waals surface area contributed by atoms with Crippen LogP contribution in [-0.2, 0) is 0 Å². The number of hydrogen-bond acceptors (Lipinski definition) is 3. The van der Waals surface area contributed by atoms with Crippen molar-refractivity contribution in [3.63, 3.8) is 0 Å². The second-order valence-corrected chi connectivity index (χ2v) is 6.23. The predicted molar refractivity (Wildman–Crippen MR) is 73.8 cm³/mol. The topological polar surface area (TPSA) is 70.7 Å². The minimum atomic E-state index is -0.167. The smallest absolute Gasteiger partial charge is 0.290 e. The maximum absolute atomic E-state index is 12.0. The summed E-state index contributed by atoms with van der Waals surface area (Å²) < 4.78 is 0. The number of amides is 1. The van der Waals surface area contributed by atoms with E-state index in [0.29, 0.717) is 11.7 Å². The molecule has 1 aliphatic rings. The van der Waals surface area contributed by atoms with Crippen LogP contribution in [0, 0.1) is 18.3 Å². The normalized spacial score (nSPS) is 17.9. The van der Waals surface area contributed by atoms with Gasteiger partial charge in [0, 0.05) is 6.54 Å². The molecule has 19 heavy (non-hydrogen) atoms. The lowest BCUT2D eigenvalue weighted by molar-refractivity contribution is 0.0911. The van der Waals surface area contributed by atoms with E-state index in [1.54, 1.807) is 6.92 Å². The lowest BCUT2D eigenvalue weighted by Crippen LogP contribution is -2.37. The van der Waals surface area contributed by atoms with Gasteiger partial charge in [0.15, 0.2) is 0 Å². The first-order valence-electron chi connectivity index (χ1n) is 7.18. The van der Waals surface area contributed by atoms with Gasteiger partial charge >= 0.3 is 0 Å². The fourth-order valence-electron chi connectivity index (χ4n) is 3.24. The number of H-pyrrole nitrogens is 1. The molecule has 5 heteroatoms. The van der Waals surface area contributed by atoms with E-state index >= 15 is 0 Å². The summed E-state index contributed by atoms with van der Waals surface area (Å²) in [5.74, 6) is 1.42. The summed E-state index contributed by atoms with van der Waals surface area (Å²) in [6.07, 6.45) is 6.18. The van der Waals surface area contributed by atoms with Gasteiger partial charge in [-0.15, -0.1) is 5.10 Å². The molecule has 2 N–H and O–H groups in total. The molecule has 0 atom stereocenters. The van der Waals surface area contributed by atoms with Crippen molar-refractivity contribution < 1.29 is 4.79 Å². The Hall–Kier alpha value is -1.39. The van der Waals surface area contributed by atoms with Crippen molar-refractivity contribution in [3.8, 4) is 0 Å². The van der Waals surface area contributed by atoms with Crippen molar-refractivity contribution in [2.45, 2.75) is 52.9 Å². The second-order valence-electron chi connectivity index (χ2n) is 6.23. The van der Waals surface area contributed by atoms with Crippen molar-refractivity contribution in [2.75, 3.05) is 6.54 Å². The summed E-state index contributed by atoms with van der Waals surface area (Å²) >= 11 is 0. The van der Waals surface area contributed by atoms with E-state index in [0.717, 1.165) is 6.54 Å². The summed E-state index contributed by atoms with van der Waals surface area (Å²) in [6.45, 7) is 7.04. The first-order valence-corrected chi connectivity index (χ1v) is 7.18. The van der Waals surface area contributed by atoms with Crippen molar-refractivity contribution in [1.29, 1.82) is 0 Å². The number of aromatic amines is 1. The minimum Gasteiger partial charge on any atom is -0.349 e. The highest BCUT2D eigenvalue weighted by Crippen LogP contribution is 2.42. The van der Waals surface area contributed by atoms with Crippen LogP contribution in [0.25, 0.3) is 0 Å². The molecule has 1 aromatic rings. The van der Waals surface area contributed by atoms with Gasteiger partial charge in [0.2, 0.25) is 5.82 Å². The van der Waals surface area contributed by atoms with E-state index in [4.69, 9.17) is 0 Å². The Balaban J connectivity index is 1.94. The molecule has 0 aromatic carbocycles. The summed E-state index contributed by atoms with van der Waals surface area (Å²) in [6, 6.07) is 0. The van der Waals surface area contributed by atoms with Crippen LogP contribution in [-0.4, -0.2) is 27.6 Å². The zero-order valence-electron chi connectivity index (χ0n) is 12.1. The molecule has 0 spiro atoms. The zero-order chi connectivity index (χ0) is 13.9. The molecular formula is C14H24N4O. The van der Waals surface area contributed by atoms with Crippen molar-refractivity contribution in [3.05, 3.63) is 11.6 Å². The largest absolute Gasteiger partial charge is 0.349 e. The quantitative estimate of drug-likeness (QED) is 0.858. The summed E-state index contributed by atoms with van der Waals surface area (Å²) in [7, 11) is 0. The maximum atomic E-state index is 12.0. The third-order valence-electron chi connectivity index (χ3n) is 3.93. The summed E-state index contributed by atoms with van der Waals surface area (Å²) in [5, 5.41) is 9.61. The van der Waals surface area contributed by atoms with Gasteiger partial charge in [-0.05, 0) is 37.5 Å². The van der Waals surface area contributed by atoms with Gasteiger partial charge in [0.1, 0.15) is 5.82 Å². The second kappa shape index (κ2) is 5.72. The Kier molecular flexibility index (Phi) is 4.22. The molecule has 1 saturated carbocycles. The van der Waals surface area contributed by atoms with Gasteiger partial charge in [-0.25, -0.2) is 4.98 Å². The van der Waals surface area contributed by atoms with E-state index in [9.17, 15) is 4.79 Å². The molecule has 2 rings (SSSR count). The first-order chi connectivity index (χ1) is 9.01. The number of carbonyl (C=O) groups excluding carboxylic acids is 1. The number of nitrogens with zero attached hydrogens (tertiary/aromatic N) is 2. The van der Waals surface area contributed by atoms with Crippen LogP contribution in [0.4, 0.5) is 0 Å². The number of aromatic nitrogens is 3. The van der Waals surface area contributed by atoms with Crippen LogP contribution in [0.5, 0.6) is 0 Å². The highest BCUT2D eigenvalue weighted by atomic mass is 16.2. The number of rotatable bonds is 5. The molecule has 0 unspecified atom stereocenters. The number of aryl methyl sites for hydroxylation is 1. The fraction of sp³-hybridized carbons (Fsp3) is 0.786. The zero-order valence-corrected chi connectivity index (χ0v) is 12.1. The molecule has 1 heterocycles.